The monoisotopic (exact) mass is 298 g/mol. The van der Waals surface area contributed by atoms with Crippen molar-refractivity contribution in [3.8, 4) is 0 Å². The number of benzene rings is 2. The highest BCUT2D eigenvalue weighted by molar-refractivity contribution is 5.91. The third kappa shape index (κ3) is 4.90. The van der Waals surface area contributed by atoms with Crippen molar-refractivity contribution in [1.82, 2.24) is 0 Å². The Hall–Kier alpha value is -2.33. The lowest BCUT2D eigenvalue weighted by molar-refractivity contribution is -0.116. The van der Waals surface area contributed by atoms with Gasteiger partial charge in [0.15, 0.2) is 0 Å². The van der Waals surface area contributed by atoms with Gasteiger partial charge in [0, 0.05) is 24.4 Å². The molecule has 4 nitrogen and oxygen atoms in total. The van der Waals surface area contributed by atoms with Crippen LogP contribution in [0.2, 0.25) is 0 Å². The molecule has 0 saturated carbocycles. The van der Waals surface area contributed by atoms with Crippen LogP contribution in [0.5, 0.6) is 0 Å². The molecule has 2 aromatic carbocycles. The normalized spacial score (nSPS) is 10.4. The summed E-state index contributed by atoms with van der Waals surface area (Å²) in [6.07, 6.45) is 1.04. The number of hydrogen-bond acceptors (Lipinski definition) is 3. The Bertz CT molecular complexity index is 626. The van der Waals surface area contributed by atoms with Crippen LogP contribution in [0.25, 0.3) is 0 Å². The summed E-state index contributed by atoms with van der Waals surface area (Å²) in [5.41, 5.74) is 9.46. The van der Waals surface area contributed by atoms with Crippen LogP contribution < -0.4 is 11.1 Å². The van der Waals surface area contributed by atoms with Crippen molar-refractivity contribution >= 4 is 17.3 Å². The molecule has 0 fully saturated rings. The van der Waals surface area contributed by atoms with Crippen molar-refractivity contribution in [3.05, 3.63) is 59.7 Å². The summed E-state index contributed by atoms with van der Waals surface area (Å²) in [7, 11) is 0. The molecule has 0 bridgehead atoms. The molecular weight excluding hydrogens is 276 g/mol. The van der Waals surface area contributed by atoms with Gasteiger partial charge < -0.3 is 15.8 Å². The lowest BCUT2D eigenvalue weighted by Crippen LogP contribution is -2.13. The minimum absolute atomic E-state index is 0.0168. The van der Waals surface area contributed by atoms with Crippen LogP contribution in [0.1, 0.15) is 24.5 Å². The Kier molecular flexibility index (Phi) is 5.98. The van der Waals surface area contributed by atoms with Crippen LogP contribution in [0.4, 0.5) is 11.4 Å². The molecule has 0 unspecified atom stereocenters. The maximum Gasteiger partial charge on any atom is 0.224 e. The third-order valence-corrected chi connectivity index (χ3v) is 3.36. The highest BCUT2D eigenvalue weighted by Gasteiger charge is 2.05. The Morgan fingerprint density at radius 1 is 1.18 bits per heavy atom. The van der Waals surface area contributed by atoms with E-state index in [0.717, 1.165) is 22.5 Å². The van der Waals surface area contributed by atoms with E-state index in [9.17, 15) is 4.79 Å². The summed E-state index contributed by atoms with van der Waals surface area (Å²) in [6.45, 7) is 3.19. The van der Waals surface area contributed by atoms with Gasteiger partial charge >= 0.3 is 0 Å². The van der Waals surface area contributed by atoms with Crippen molar-refractivity contribution in [2.45, 2.75) is 26.4 Å². The minimum Gasteiger partial charge on any atom is -0.399 e. The Morgan fingerprint density at radius 2 is 2.00 bits per heavy atom. The van der Waals surface area contributed by atoms with Gasteiger partial charge in [-0.2, -0.15) is 0 Å². The smallest absolute Gasteiger partial charge is 0.224 e. The van der Waals surface area contributed by atoms with E-state index in [4.69, 9.17) is 10.5 Å². The summed E-state index contributed by atoms with van der Waals surface area (Å²) in [4.78, 5) is 12.0. The molecule has 2 aromatic rings. The number of amides is 1. The highest BCUT2D eigenvalue weighted by Crippen LogP contribution is 2.15. The molecule has 0 heterocycles. The first-order chi connectivity index (χ1) is 10.7. The van der Waals surface area contributed by atoms with Crippen LogP contribution in [-0.4, -0.2) is 12.5 Å². The zero-order valence-corrected chi connectivity index (χ0v) is 12.8. The van der Waals surface area contributed by atoms with E-state index >= 15 is 0 Å². The van der Waals surface area contributed by atoms with Crippen LogP contribution in [0.3, 0.4) is 0 Å². The molecule has 22 heavy (non-hydrogen) atoms. The van der Waals surface area contributed by atoms with E-state index in [1.807, 2.05) is 55.5 Å². The second kappa shape index (κ2) is 8.20. The topological polar surface area (TPSA) is 64.3 Å². The van der Waals surface area contributed by atoms with Gasteiger partial charge in [0.2, 0.25) is 5.91 Å². The van der Waals surface area contributed by atoms with Crippen LogP contribution in [0, 0.1) is 0 Å². The first kappa shape index (κ1) is 16.0. The molecule has 0 spiro atoms. The molecule has 0 saturated heterocycles. The number of rotatable bonds is 7. The van der Waals surface area contributed by atoms with Crippen LogP contribution >= 0.6 is 0 Å². The average molecular weight is 298 g/mol. The molecule has 0 aliphatic carbocycles. The van der Waals surface area contributed by atoms with Crippen molar-refractivity contribution < 1.29 is 9.53 Å². The van der Waals surface area contributed by atoms with Crippen LogP contribution in [-0.2, 0) is 22.6 Å². The van der Waals surface area contributed by atoms with Crippen molar-refractivity contribution in [3.63, 3.8) is 0 Å². The second-order valence-electron chi connectivity index (χ2n) is 5.08. The number of anilines is 2. The first-order valence-corrected chi connectivity index (χ1v) is 7.49. The predicted molar refractivity (Wildman–Crippen MR) is 89.6 cm³/mol. The second-order valence-corrected chi connectivity index (χ2v) is 5.08. The maximum atomic E-state index is 12.0. The molecule has 0 aliphatic heterocycles. The largest absolute Gasteiger partial charge is 0.399 e. The third-order valence-electron chi connectivity index (χ3n) is 3.36. The number of aryl methyl sites for hydroxylation is 1. The molecule has 0 atom stereocenters. The molecule has 2 rings (SSSR count). The predicted octanol–water partition coefficient (Wildman–Crippen LogP) is 3.38. The number of nitrogens with one attached hydrogen (secondary N) is 1. The van der Waals surface area contributed by atoms with Crippen molar-refractivity contribution in [2.24, 2.45) is 0 Å². The van der Waals surface area contributed by atoms with Gasteiger partial charge in [0.1, 0.15) is 0 Å². The summed E-state index contributed by atoms with van der Waals surface area (Å²) in [5.74, 6) is -0.0168. The van der Waals surface area contributed by atoms with Gasteiger partial charge in [-0.25, -0.2) is 0 Å². The molecule has 116 valence electrons. The summed E-state index contributed by atoms with van der Waals surface area (Å²) in [5, 5.41) is 2.91. The summed E-state index contributed by atoms with van der Waals surface area (Å²) >= 11 is 0. The number of nitrogen functional groups attached to an aromatic ring is 1. The van der Waals surface area contributed by atoms with E-state index < -0.39 is 0 Å². The fourth-order valence-electron chi connectivity index (χ4n) is 2.19. The Morgan fingerprint density at radius 3 is 2.77 bits per heavy atom. The van der Waals surface area contributed by atoms with Gasteiger partial charge in [-0.15, -0.1) is 0 Å². The fraction of sp³-hybridized carbons (Fsp3) is 0.278. The number of para-hydroxylation sites is 1. The SMILES string of the molecule is CCOCc1cccc(NC(=O)CCc2ccccc2N)c1. The molecule has 0 radical (unpaired) electrons. The average Bonchev–Trinajstić information content (AvgIpc) is 2.52. The number of carbonyl (C=O) groups is 1. The summed E-state index contributed by atoms with van der Waals surface area (Å²) in [6, 6.07) is 15.3. The Balaban J connectivity index is 1.88. The molecule has 0 aromatic heterocycles. The Labute approximate surface area is 131 Å². The standard InChI is InChI=1S/C18H22N2O2/c1-2-22-13-14-6-5-8-16(12-14)20-18(21)11-10-15-7-3-4-9-17(15)19/h3-9,12H,2,10-11,13,19H2,1H3,(H,20,21). The number of nitrogens with two attached hydrogens (primary N) is 1. The van der Waals surface area contributed by atoms with Gasteiger partial charge in [-0.1, -0.05) is 30.3 Å². The summed E-state index contributed by atoms with van der Waals surface area (Å²) < 4.78 is 5.37. The van der Waals surface area contributed by atoms with E-state index in [1.165, 1.54) is 0 Å². The number of ether oxygens (including phenoxy) is 1. The molecule has 0 aliphatic rings. The van der Waals surface area contributed by atoms with Crippen LogP contribution in [0.15, 0.2) is 48.5 Å². The fourth-order valence-corrected chi connectivity index (χ4v) is 2.19. The van der Waals surface area contributed by atoms with E-state index in [1.54, 1.807) is 0 Å². The van der Waals surface area contributed by atoms with Gasteiger partial charge in [-0.05, 0) is 42.7 Å². The van der Waals surface area contributed by atoms with E-state index in [-0.39, 0.29) is 5.91 Å². The molecule has 1 amide bonds. The molecular formula is C18H22N2O2. The lowest BCUT2D eigenvalue weighted by Gasteiger charge is -2.08. The van der Waals surface area contributed by atoms with Gasteiger partial charge in [0.05, 0.1) is 6.61 Å². The number of hydrogen-bond donors (Lipinski definition) is 2. The minimum atomic E-state index is -0.0168. The number of carbonyl (C=O) groups excluding carboxylic acids is 1. The molecule has 3 N–H and O–H groups in total. The zero-order chi connectivity index (χ0) is 15.8. The first-order valence-electron chi connectivity index (χ1n) is 7.49. The molecule has 4 heteroatoms. The zero-order valence-electron chi connectivity index (χ0n) is 12.8. The van der Waals surface area contributed by atoms with Crippen molar-refractivity contribution in [1.29, 1.82) is 0 Å². The highest BCUT2D eigenvalue weighted by atomic mass is 16.5. The van der Waals surface area contributed by atoms with Gasteiger partial charge in [-0.3, -0.25) is 4.79 Å². The van der Waals surface area contributed by atoms with E-state index in [0.29, 0.717) is 26.1 Å². The maximum absolute atomic E-state index is 12.0. The van der Waals surface area contributed by atoms with Gasteiger partial charge in [0.25, 0.3) is 0 Å². The quantitative estimate of drug-likeness (QED) is 0.770. The van der Waals surface area contributed by atoms with E-state index in [2.05, 4.69) is 5.32 Å². The van der Waals surface area contributed by atoms with Crippen molar-refractivity contribution in [2.75, 3.05) is 17.7 Å². The lowest BCUT2D eigenvalue weighted by atomic mass is 10.1.